The van der Waals surface area contributed by atoms with Crippen LogP contribution in [0.5, 0.6) is 0 Å². The van der Waals surface area contributed by atoms with Gasteiger partial charge in [0.05, 0.1) is 0 Å². The second kappa shape index (κ2) is 11.1. The average molecular weight is 511 g/mol. The van der Waals surface area contributed by atoms with Gasteiger partial charge in [-0.2, -0.15) is 24.3 Å². The summed E-state index contributed by atoms with van der Waals surface area (Å²) >= 11 is 2.79. The van der Waals surface area contributed by atoms with Crippen molar-refractivity contribution in [3.8, 4) is 11.1 Å². The van der Waals surface area contributed by atoms with E-state index < -0.39 is 20.8 Å². The van der Waals surface area contributed by atoms with E-state index >= 15 is 0 Å². The summed E-state index contributed by atoms with van der Waals surface area (Å²) in [7, 11) is 9.87. The molecule has 0 nitrogen and oxygen atoms in total. The molecule has 0 fully saturated rings. The molecule has 4 heteroatoms. The molecular weight excluding hydrogens is 494 g/mol. The molecule has 0 aliphatic heterocycles. The maximum atomic E-state index is 4.93. The summed E-state index contributed by atoms with van der Waals surface area (Å²) in [5.41, 5.74) is 3.89. The molecule has 0 spiro atoms. The largest absolute Gasteiger partial charge is 0.214 e. The van der Waals surface area contributed by atoms with Crippen molar-refractivity contribution in [2.45, 2.75) is 6.92 Å². The van der Waals surface area contributed by atoms with Gasteiger partial charge in [-0.05, 0) is 5.56 Å². The number of rotatable bonds is 1. The zero-order valence-electron chi connectivity index (χ0n) is 13.7. The molecule has 4 aromatic carbocycles. The zero-order chi connectivity index (χ0) is 18.1. The van der Waals surface area contributed by atoms with E-state index in [1.54, 1.807) is 0 Å². The van der Waals surface area contributed by atoms with Crippen LogP contribution in [0.15, 0.2) is 89.4 Å². The van der Waals surface area contributed by atoms with Gasteiger partial charge < -0.3 is 0 Å². The quantitative estimate of drug-likeness (QED) is 0.227. The molecule has 4 rings (SSSR count). The van der Waals surface area contributed by atoms with Crippen LogP contribution in [0, 0.1) is 6.92 Å². The minimum atomic E-state index is -0.826. The van der Waals surface area contributed by atoms with Gasteiger partial charge in [0.15, 0.2) is 0 Å². The third-order valence-electron chi connectivity index (χ3n) is 3.62. The predicted octanol–water partition coefficient (Wildman–Crippen LogP) is 8.08. The summed E-state index contributed by atoms with van der Waals surface area (Å²) in [4.78, 5) is 0. The number of benzene rings is 2. The molecule has 0 N–H and O–H groups in total. The molecule has 0 heterocycles. The van der Waals surface area contributed by atoms with Crippen LogP contribution in [0.4, 0.5) is 0 Å². The van der Waals surface area contributed by atoms with Crippen LogP contribution in [0.2, 0.25) is 0 Å². The van der Waals surface area contributed by atoms with E-state index in [2.05, 4.69) is 77.5 Å². The molecule has 0 radical (unpaired) electrons. The van der Waals surface area contributed by atoms with E-state index in [9.17, 15) is 0 Å². The fourth-order valence-corrected chi connectivity index (χ4v) is 3.06. The molecule has 0 aromatic heterocycles. The van der Waals surface area contributed by atoms with Crippen LogP contribution in [0.3, 0.4) is 0 Å². The second-order valence-corrected chi connectivity index (χ2v) is 9.94. The van der Waals surface area contributed by atoms with Gasteiger partial charge in [0.2, 0.25) is 0 Å². The Balaban J connectivity index is 0.000000235. The van der Waals surface area contributed by atoms with Crippen molar-refractivity contribution < 1.29 is 20.8 Å². The van der Waals surface area contributed by atoms with Gasteiger partial charge in [0, 0.05) is 0 Å². The maximum absolute atomic E-state index is 4.93. The van der Waals surface area contributed by atoms with Crippen LogP contribution in [-0.2, 0) is 20.8 Å². The van der Waals surface area contributed by atoms with Crippen molar-refractivity contribution in [3.05, 3.63) is 95.0 Å². The molecule has 0 saturated heterocycles. The number of aryl methyl sites for hydroxylation is 1. The first-order valence-electron chi connectivity index (χ1n) is 7.71. The van der Waals surface area contributed by atoms with E-state index in [4.69, 9.17) is 17.0 Å². The third kappa shape index (κ3) is 6.22. The topological polar surface area (TPSA) is 0 Å². The molecule has 0 aliphatic rings. The normalized spacial score (nSPS) is 9.44. The first-order chi connectivity index (χ1) is 12.2. The van der Waals surface area contributed by atoms with Crippen LogP contribution in [-0.4, -0.2) is 0 Å². The van der Waals surface area contributed by atoms with E-state index in [1.165, 1.54) is 31.9 Å². The molecule has 25 heavy (non-hydrogen) atoms. The molecule has 0 amide bonds. The molecule has 4 aromatic rings. The number of hydrogen-bond acceptors (Lipinski definition) is 0. The third-order valence-corrected chi connectivity index (χ3v) is 4.31. The summed E-state index contributed by atoms with van der Waals surface area (Å²) < 4.78 is 1.17. The van der Waals surface area contributed by atoms with E-state index in [0.717, 1.165) is 0 Å². The fourth-order valence-electron chi connectivity index (χ4n) is 2.60. The monoisotopic (exact) mass is 508 g/mol. The van der Waals surface area contributed by atoms with Gasteiger partial charge in [-0.3, -0.25) is 0 Å². The standard InChI is InChI=1S/C16H12Br.C5H5.2ClH.Zr/c1-11-9-14-13(12-5-3-2-4-6-12)7-8-16(17)15(14)10-11;1-2-4-5-3-1;;;/h2-10H,1H3;1-5H;2*1H;/q2*-1;;;+4/p-2. The fraction of sp³-hybridized carbons (Fsp3) is 0.0476. The van der Waals surface area contributed by atoms with E-state index in [-0.39, 0.29) is 0 Å². The van der Waals surface area contributed by atoms with Gasteiger partial charge in [-0.15, -0.1) is 38.3 Å². The van der Waals surface area contributed by atoms with Gasteiger partial charge in [-0.25, -0.2) is 12.1 Å². The minimum absolute atomic E-state index is 0.826. The number of halogens is 3. The van der Waals surface area contributed by atoms with Gasteiger partial charge >= 0.3 is 37.9 Å². The van der Waals surface area contributed by atoms with E-state index in [1.807, 2.05) is 30.3 Å². The Labute approximate surface area is 176 Å². The number of fused-ring (bicyclic) bond motifs is 1. The number of hydrogen-bond donors (Lipinski definition) is 0. The summed E-state index contributed by atoms with van der Waals surface area (Å²) in [5, 5.41) is 2.62. The maximum Gasteiger partial charge on any atom is -0.172 e. The van der Waals surface area contributed by atoms with E-state index in [0.29, 0.717) is 0 Å². The van der Waals surface area contributed by atoms with Crippen molar-refractivity contribution in [2.75, 3.05) is 0 Å². The first kappa shape index (κ1) is 20.7. The van der Waals surface area contributed by atoms with Gasteiger partial charge in [0.1, 0.15) is 0 Å². The molecule has 0 bridgehead atoms. The van der Waals surface area contributed by atoms with Crippen LogP contribution in [0.25, 0.3) is 21.9 Å². The van der Waals surface area contributed by atoms with Crippen molar-refractivity contribution >= 4 is 43.7 Å². The molecule has 0 atom stereocenters. The Morgan fingerprint density at radius 3 is 2.12 bits per heavy atom. The SMILES string of the molecule is Cc1cc2c(-c3ccccc3)ccc(Br)c2[cH-]1.[Cl][Zr+2][Cl].c1cc[cH-]c1. The Bertz CT molecular complexity index is 850. The molecule has 0 aliphatic carbocycles. The summed E-state index contributed by atoms with van der Waals surface area (Å²) in [5.74, 6) is 0. The van der Waals surface area contributed by atoms with Crippen LogP contribution in [0.1, 0.15) is 5.56 Å². The van der Waals surface area contributed by atoms with Crippen molar-refractivity contribution in [2.24, 2.45) is 0 Å². The van der Waals surface area contributed by atoms with Crippen molar-refractivity contribution in [1.29, 1.82) is 0 Å². The minimum Gasteiger partial charge on any atom is -0.214 e. The van der Waals surface area contributed by atoms with Crippen LogP contribution >= 0.6 is 33.0 Å². The van der Waals surface area contributed by atoms with Crippen LogP contribution < -0.4 is 0 Å². The summed E-state index contributed by atoms with van der Waals surface area (Å²) in [6, 6.07) is 29.3. The molecule has 126 valence electrons. The summed E-state index contributed by atoms with van der Waals surface area (Å²) in [6.45, 7) is 2.14. The molecule has 0 unspecified atom stereocenters. The first-order valence-corrected chi connectivity index (χ1v) is 14.8. The predicted molar refractivity (Wildman–Crippen MR) is 111 cm³/mol. The Kier molecular flexibility index (Phi) is 9.20. The zero-order valence-corrected chi connectivity index (χ0v) is 19.3. The molecular formula is C21H17BrCl2Zr. The Hall–Kier alpha value is -0.657. The second-order valence-electron chi connectivity index (χ2n) is 5.35. The Morgan fingerprint density at radius 2 is 1.56 bits per heavy atom. The summed E-state index contributed by atoms with van der Waals surface area (Å²) in [6.07, 6.45) is 0. The molecule has 0 saturated carbocycles. The van der Waals surface area contributed by atoms with Gasteiger partial charge in [0.25, 0.3) is 0 Å². The van der Waals surface area contributed by atoms with Crippen molar-refractivity contribution in [3.63, 3.8) is 0 Å². The average Bonchev–Trinajstić information content (AvgIpc) is 3.30. The smallest absolute Gasteiger partial charge is 0.172 e. The Morgan fingerprint density at radius 1 is 0.920 bits per heavy atom. The van der Waals surface area contributed by atoms with Gasteiger partial charge in [-0.1, -0.05) is 59.4 Å². The van der Waals surface area contributed by atoms with Crippen molar-refractivity contribution in [1.82, 2.24) is 0 Å².